The number of aryl methyl sites for hydroxylation is 1. The summed E-state index contributed by atoms with van der Waals surface area (Å²) in [5.41, 5.74) is 4.80. The number of carbonyl (C=O) groups excluding carboxylic acids is 1. The number of aromatic nitrogens is 1. The molecule has 1 aliphatic carbocycles. The van der Waals surface area contributed by atoms with Gasteiger partial charge in [0.2, 0.25) is 5.91 Å². The molecule has 2 aromatic carbocycles. The first kappa shape index (κ1) is 23.4. The van der Waals surface area contributed by atoms with Gasteiger partial charge in [-0.15, -0.1) is 0 Å². The third-order valence-electron chi connectivity index (χ3n) is 8.60. The number of rotatable bonds is 5. The maximum Gasteiger partial charge on any atom is 0.230 e. The summed E-state index contributed by atoms with van der Waals surface area (Å²) < 4.78 is 5.79. The molecule has 1 N–H and O–H groups in total. The molecule has 1 amide bonds. The first-order chi connectivity index (χ1) is 17.7. The minimum atomic E-state index is 0.149. The lowest BCUT2D eigenvalue weighted by molar-refractivity contribution is -0.124. The molecule has 0 spiro atoms. The molecule has 6 heteroatoms. The Hall–Kier alpha value is -2.99. The topological polar surface area (TPSA) is 51.8 Å². The molecule has 3 aromatic rings. The van der Waals surface area contributed by atoms with Crippen LogP contribution in [0, 0.1) is 5.92 Å². The van der Waals surface area contributed by atoms with Crippen molar-refractivity contribution < 1.29 is 9.53 Å². The van der Waals surface area contributed by atoms with Crippen molar-refractivity contribution >= 4 is 28.2 Å². The van der Waals surface area contributed by atoms with Crippen LogP contribution < -0.4 is 14.5 Å². The molecule has 36 heavy (non-hydrogen) atoms. The largest absolute Gasteiger partial charge is 0.495 e. The van der Waals surface area contributed by atoms with Crippen molar-refractivity contribution in [3.05, 3.63) is 54.2 Å². The fourth-order valence-corrected chi connectivity index (χ4v) is 6.66. The summed E-state index contributed by atoms with van der Waals surface area (Å²) in [6.07, 6.45) is 9.69. The lowest BCUT2D eigenvalue weighted by Gasteiger charge is -2.44. The molecule has 0 radical (unpaired) electrons. The van der Waals surface area contributed by atoms with E-state index in [1.54, 1.807) is 7.11 Å². The number of amides is 1. The summed E-state index contributed by atoms with van der Waals surface area (Å²) in [5.74, 6) is 1.31. The number of anilines is 2. The van der Waals surface area contributed by atoms with E-state index in [4.69, 9.17) is 4.74 Å². The fraction of sp³-hybridized carbons (Fsp3) is 0.500. The molecule has 1 atom stereocenters. The highest BCUT2D eigenvalue weighted by atomic mass is 16.5. The second kappa shape index (κ2) is 10.2. The Morgan fingerprint density at radius 1 is 0.972 bits per heavy atom. The number of para-hydroxylation sites is 1. The van der Waals surface area contributed by atoms with Crippen LogP contribution >= 0.6 is 0 Å². The van der Waals surface area contributed by atoms with Gasteiger partial charge in [0.25, 0.3) is 0 Å². The summed E-state index contributed by atoms with van der Waals surface area (Å²) >= 11 is 0. The van der Waals surface area contributed by atoms with Crippen LogP contribution in [-0.2, 0) is 11.2 Å². The molecule has 0 bridgehead atoms. The predicted molar refractivity (Wildman–Crippen MR) is 146 cm³/mol. The van der Waals surface area contributed by atoms with Crippen molar-refractivity contribution in [2.75, 3.05) is 49.6 Å². The van der Waals surface area contributed by atoms with Crippen molar-refractivity contribution in [3.63, 3.8) is 0 Å². The highest BCUT2D eigenvalue weighted by Gasteiger charge is 2.38. The van der Waals surface area contributed by atoms with Crippen LogP contribution in [0.25, 0.3) is 10.9 Å². The van der Waals surface area contributed by atoms with Gasteiger partial charge in [-0.3, -0.25) is 9.69 Å². The van der Waals surface area contributed by atoms with Gasteiger partial charge >= 0.3 is 0 Å². The minimum absolute atomic E-state index is 0.149. The highest BCUT2D eigenvalue weighted by molar-refractivity contribution is 5.98. The number of methoxy groups -OCH3 is 1. The van der Waals surface area contributed by atoms with Crippen molar-refractivity contribution in [1.82, 2.24) is 9.88 Å². The molecule has 2 aliphatic heterocycles. The number of benzene rings is 2. The van der Waals surface area contributed by atoms with Crippen molar-refractivity contribution in [2.45, 2.75) is 51.0 Å². The van der Waals surface area contributed by atoms with Crippen LogP contribution in [0.3, 0.4) is 0 Å². The van der Waals surface area contributed by atoms with Crippen LogP contribution in [0.4, 0.5) is 11.4 Å². The zero-order valence-corrected chi connectivity index (χ0v) is 21.4. The zero-order valence-electron chi connectivity index (χ0n) is 21.4. The third-order valence-corrected chi connectivity index (χ3v) is 8.60. The molecule has 6 rings (SSSR count). The van der Waals surface area contributed by atoms with Crippen LogP contribution in [0.15, 0.2) is 48.7 Å². The summed E-state index contributed by atoms with van der Waals surface area (Å²) in [7, 11) is 1.73. The molecular weight excluding hydrogens is 448 g/mol. The number of carbonyl (C=O) groups is 1. The van der Waals surface area contributed by atoms with Crippen LogP contribution in [0.1, 0.15) is 44.1 Å². The average molecular weight is 487 g/mol. The first-order valence-electron chi connectivity index (χ1n) is 13.8. The standard InChI is InChI=1S/C30H38N4O2/c1-36-28-12-5-9-22-13-14-24(34(29(22)28)30(35)23-7-3-2-4-8-23)21-32-17-19-33(20-18-32)27-11-6-10-26-25(27)15-16-31-26/h5-6,9-12,15-16,23-24,31H,2-4,7-8,13-14,17-21H2,1H3. The second-order valence-electron chi connectivity index (χ2n) is 10.7. The third kappa shape index (κ3) is 4.36. The number of hydrogen-bond donors (Lipinski definition) is 1. The molecule has 1 aromatic heterocycles. The van der Waals surface area contributed by atoms with E-state index < -0.39 is 0 Å². The molecule has 1 saturated heterocycles. The zero-order chi connectivity index (χ0) is 24.5. The normalized spacial score (nSPS) is 21.5. The number of fused-ring (bicyclic) bond motifs is 2. The molecule has 3 heterocycles. The summed E-state index contributed by atoms with van der Waals surface area (Å²) in [6.45, 7) is 4.97. The van der Waals surface area contributed by atoms with E-state index in [0.29, 0.717) is 5.91 Å². The van der Waals surface area contributed by atoms with E-state index in [1.165, 1.54) is 41.4 Å². The Balaban J connectivity index is 1.20. The Labute approximate surface area is 214 Å². The molecule has 1 saturated carbocycles. The fourth-order valence-electron chi connectivity index (χ4n) is 6.66. The second-order valence-corrected chi connectivity index (χ2v) is 10.7. The molecular formula is C30H38N4O2. The minimum Gasteiger partial charge on any atom is -0.495 e. The quantitative estimate of drug-likeness (QED) is 0.537. The van der Waals surface area contributed by atoms with E-state index in [1.807, 2.05) is 12.3 Å². The van der Waals surface area contributed by atoms with E-state index >= 15 is 0 Å². The molecule has 6 nitrogen and oxygen atoms in total. The van der Waals surface area contributed by atoms with Gasteiger partial charge < -0.3 is 19.5 Å². The lowest BCUT2D eigenvalue weighted by atomic mass is 9.86. The van der Waals surface area contributed by atoms with Gasteiger partial charge in [0.05, 0.1) is 18.8 Å². The van der Waals surface area contributed by atoms with Gasteiger partial charge in [0.1, 0.15) is 5.75 Å². The Morgan fingerprint density at radius 3 is 2.58 bits per heavy atom. The molecule has 3 aliphatic rings. The van der Waals surface area contributed by atoms with Gasteiger partial charge in [-0.2, -0.15) is 0 Å². The van der Waals surface area contributed by atoms with E-state index in [2.05, 4.69) is 56.1 Å². The van der Waals surface area contributed by atoms with Crippen molar-refractivity contribution in [2.24, 2.45) is 5.92 Å². The Morgan fingerprint density at radius 2 is 1.78 bits per heavy atom. The SMILES string of the molecule is COc1cccc2c1N(C(=O)C1CCCCC1)C(CN1CCN(c3cccc4[nH]ccc34)CC1)CC2. The summed E-state index contributed by atoms with van der Waals surface area (Å²) in [4.78, 5) is 24.6. The Kier molecular flexibility index (Phi) is 6.61. The lowest BCUT2D eigenvalue weighted by Crippen LogP contribution is -2.55. The van der Waals surface area contributed by atoms with Gasteiger partial charge in [0.15, 0.2) is 0 Å². The maximum absolute atomic E-state index is 14.0. The number of nitrogens with zero attached hydrogens (tertiary/aromatic N) is 3. The smallest absolute Gasteiger partial charge is 0.230 e. The maximum atomic E-state index is 14.0. The number of nitrogens with one attached hydrogen (secondary N) is 1. The summed E-state index contributed by atoms with van der Waals surface area (Å²) in [6, 6.07) is 15.1. The van der Waals surface area contributed by atoms with E-state index in [-0.39, 0.29) is 12.0 Å². The van der Waals surface area contributed by atoms with Gasteiger partial charge in [-0.1, -0.05) is 37.5 Å². The van der Waals surface area contributed by atoms with E-state index in [9.17, 15) is 4.79 Å². The Bertz CT molecular complexity index is 1190. The van der Waals surface area contributed by atoms with Crippen molar-refractivity contribution in [1.29, 1.82) is 0 Å². The van der Waals surface area contributed by atoms with Crippen LogP contribution in [-0.4, -0.2) is 61.7 Å². The summed E-state index contributed by atoms with van der Waals surface area (Å²) in [5, 5.41) is 1.30. The van der Waals surface area contributed by atoms with Crippen LogP contribution in [0.5, 0.6) is 5.75 Å². The number of H-pyrrole nitrogens is 1. The number of ether oxygens (including phenoxy) is 1. The number of piperazine rings is 1. The molecule has 190 valence electrons. The first-order valence-corrected chi connectivity index (χ1v) is 13.8. The number of hydrogen-bond acceptors (Lipinski definition) is 4. The van der Waals surface area contributed by atoms with E-state index in [0.717, 1.165) is 69.8 Å². The predicted octanol–water partition coefficient (Wildman–Crippen LogP) is 5.23. The van der Waals surface area contributed by atoms with Crippen LogP contribution in [0.2, 0.25) is 0 Å². The van der Waals surface area contributed by atoms with Gasteiger partial charge in [-0.05, 0) is 55.5 Å². The molecule has 2 fully saturated rings. The molecule has 1 unspecified atom stereocenters. The highest BCUT2D eigenvalue weighted by Crippen LogP contribution is 2.41. The van der Waals surface area contributed by atoms with Crippen molar-refractivity contribution in [3.8, 4) is 5.75 Å². The van der Waals surface area contributed by atoms with Gasteiger partial charge in [0, 0.05) is 61.4 Å². The average Bonchev–Trinajstić information content (AvgIpc) is 3.42. The van der Waals surface area contributed by atoms with Gasteiger partial charge in [-0.25, -0.2) is 0 Å². The number of aromatic amines is 1. The monoisotopic (exact) mass is 486 g/mol.